The van der Waals surface area contributed by atoms with E-state index in [0.717, 1.165) is 15.8 Å². The number of pyridine rings is 1. The standard InChI is InChI=1S/C13H11BrN2OS/c1-8-4-5-9(14)7-11(8)17-13-10(12(15)18)3-2-6-16-13/h2-7H,1H3,(H2,15,18). The first-order chi connectivity index (χ1) is 8.58. The predicted molar refractivity (Wildman–Crippen MR) is 79.1 cm³/mol. The van der Waals surface area contributed by atoms with Gasteiger partial charge in [0.15, 0.2) is 0 Å². The van der Waals surface area contributed by atoms with E-state index in [1.807, 2.05) is 25.1 Å². The maximum Gasteiger partial charge on any atom is 0.229 e. The molecular weight excluding hydrogens is 312 g/mol. The van der Waals surface area contributed by atoms with Crippen LogP contribution in [0.3, 0.4) is 0 Å². The van der Waals surface area contributed by atoms with Gasteiger partial charge in [-0.3, -0.25) is 0 Å². The Morgan fingerprint density at radius 2 is 2.17 bits per heavy atom. The molecule has 2 aromatic rings. The minimum atomic E-state index is 0.269. The van der Waals surface area contributed by atoms with Crippen LogP contribution in [0.15, 0.2) is 41.0 Å². The highest BCUT2D eigenvalue weighted by Gasteiger charge is 2.10. The van der Waals surface area contributed by atoms with Gasteiger partial charge in [0.05, 0.1) is 5.56 Å². The first-order valence-electron chi connectivity index (χ1n) is 5.27. The Labute approximate surface area is 119 Å². The zero-order valence-electron chi connectivity index (χ0n) is 9.68. The van der Waals surface area contributed by atoms with Crippen molar-refractivity contribution >= 4 is 33.1 Å². The molecule has 0 fully saturated rings. The number of aryl methyl sites for hydroxylation is 1. The molecule has 0 aliphatic carbocycles. The van der Waals surface area contributed by atoms with Crippen molar-refractivity contribution in [2.75, 3.05) is 0 Å². The highest BCUT2D eigenvalue weighted by molar-refractivity contribution is 9.10. The van der Waals surface area contributed by atoms with Gasteiger partial charge in [-0.05, 0) is 36.8 Å². The molecule has 1 aromatic carbocycles. The summed E-state index contributed by atoms with van der Waals surface area (Å²) in [5.41, 5.74) is 7.28. The van der Waals surface area contributed by atoms with Crippen LogP contribution >= 0.6 is 28.1 Å². The third-order valence-electron chi connectivity index (χ3n) is 2.39. The fourth-order valence-corrected chi connectivity index (χ4v) is 1.94. The van der Waals surface area contributed by atoms with E-state index in [2.05, 4.69) is 20.9 Å². The summed E-state index contributed by atoms with van der Waals surface area (Å²) in [5, 5.41) is 0. The Balaban J connectivity index is 2.40. The molecule has 5 heteroatoms. The minimum Gasteiger partial charge on any atom is -0.438 e. The van der Waals surface area contributed by atoms with Crippen LogP contribution in [0, 0.1) is 6.92 Å². The second-order valence-electron chi connectivity index (χ2n) is 3.73. The molecule has 1 heterocycles. The smallest absolute Gasteiger partial charge is 0.229 e. The van der Waals surface area contributed by atoms with E-state index >= 15 is 0 Å². The molecule has 92 valence electrons. The van der Waals surface area contributed by atoms with E-state index in [-0.39, 0.29) is 4.99 Å². The summed E-state index contributed by atoms with van der Waals surface area (Å²) in [4.78, 5) is 4.43. The molecule has 0 atom stereocenters. The molecule has 3 nitrogen and oxygen atoms in total. The van der Waals surface area contributed by atoms with E-state index in [0.29, 0.717) is 11.4 Å². The first kappa shape index (κ1) is 13.0. The number of thiocarbonyl (C=S) groups is 1. The lowest BCUT2D eigenvalue weighted by molar-refractivity contribution is 0.458. The number of rotatable bonds is 3. The van der Waals surface area contributed by atoms with Gasteiger partial charge in [0.1, 0.15) is 10.7 Å². The van der Waals surface area contributed by atoms with Crippen LogP contribution in [0.25, 0.3) is 0 Å². The van der Waals surface area contributed by atoms with Crippen molar-refractivity contribution in [3.63, 3.8) is 0 Å². The van der Waals surface area contributed by atoms with Gasteiger partial charge in [-0.25, -0.2) is 4.98 Å². The lowest BCUT2D eigenvalue weighted by atomic mass is 10.2. The molecule has 0 bridgehead atoms. The molecule has 18 heavy (non-hydrogen) atoms. The summed E-state index contributed by atoms with van der Waals surface area (Å²) in [5.74, 6) is 1.15. The van der Waals surface area contributed by atoms with Crippen molar-refractivity contribution < 1.29 is 4.74 Å². The molecule has 0 saturated carbocycles. The van der Waals surface area contributed by atoms with Crippen LogP contribution in [0.4, 0.5) is 0 Å². The van der Waals surface area contributed by atoms with Crippen molar-refractivity contribution in [1.29, 1.82) is 0 Å². The Bertz CT molecular complexity index is 601. The Morgan fingerprint density at radius 3 is 2.89 bits per heavy atom. The summed E-state index contributed by atoms with van der Waals surface area (Å²) >= 11 is 8.38. The molecule has 0 unspecified atom stereocenters. The maximum atomic E-state index is 5.77. The summed E-state index contributed by atoms with van der Waals surface area (Å²) < 4.78 is 6.71. The maximum absolute atomic E-state index is 5.77. The van der Waals surface area contributed by atoms with Gasteiger partial charge in [0.25, 0.3) is 0 Å². The van der Waals surface area contributed by atoms with Crippen LogP contribution in [-0.4, -0.2) is 9.97 Å². The van der Waals surface area contributed by atoms with Crippen molar-refractivity contribution in [2.24, 2.45) is 5.73 Å². The van der Waals surface area contributed by atoms with E-state index in [1.54, 1.807) is 18.3 Å². The highest BCUT2D eigenvalue weighted by Crippen LogP contribution is 2.28. The van der Waals surface area contributed by atoms with Crippen LogP contribution in [0.1, 0.15) is 11.1 Å². The van der Waals surface area contributed by atoms with Crippen molar-refractivity contribution in [3.8, 4) is 11.6 Å². The van der Waals surface area contributed by atoms with Gasteiger partial charge in [0.2, 0.25) is 5.88 Å². The number of benzene rings is 1. The monoisotopic (exact) mass is 322 g/mol. The third-order valence-corrected chi connectivity index (χ3v) is 3.11. The highest BCUT2D eigenvalue weighted by atomic mass is 79.9. The lowest BCUT2D eigenvalue weighted by Crippen LogP contribution is -2.11. The Morgan fingerprint density at radius 1 is 1.39 bits per heavy atom. The summed E-state index contributed by atoms with van der Waals surface area (Å²) in [7, 11) is 0. The Kier molecular flexibility index (Phi) is 3.93. The molecule has 2 rings (SSSR count). The second-order valence-corrected chi connectivity index (χ2v) is 5.09. The van der Waals surface area contributed by atoms with Crippen LogP contribution in [0.5, 0.6) is 11.6 Å². The quantitative estimate of drug-likeness (QED) is 0.877. The van der Waals surface area contributed by atoms with E-state index in [4.69, 9.17) is 22.7 Å². The van der Waals surface area contributed by atoms with Gasteiger partial charge in [-0.1, -0.05) is 34.2 Å². The number of nitrogens with zero attached hydrogens (tertiary/aromatic N) is 1. The van der Waals surface area contributed by atoms with E-state index in [1.165, 1.54) is 0 Å². The van der Waals surface area contributed by atoms with Gasteiger partial charge < -0.3 is 10.5 Å². The number of hydrogen-bond acceptors (Lipinski definition) is 3. The number of halogens is 1. The van der Waals surface area contributed by atoms with E-state index in [9.17, 15) is 0 Å². The normalized spacial score (nSPS) is 10.1. The molecule has 0 spiro atoms. The summed E-state index contributed by atoms with van der Waals surface area (Å²) in [6, 6.07) is 9.36. The number of hydrogen-bond donors (Lipinski definition) is 1. The number of aromatic nitrogens is 1. The summed E-state index contributed by atoms with van der Waals surface area (Å²) in [6.45, 7) is 1.96. The van der Waals surface area contributed by atoms with Crippen molar-refractivity contribution in [2.45, 2.75) is 6.92 Å². The number of nitrogens with two attached hydrogens (primary N) is 1. The van der Waals surface area contributed by atoms with Gasteiger partial charge >= 0.3 is 0 Å². The molecular formula is C13H11BrN2OS. The van der Waals surface area contributed by atoms with Crippen LogP contribution in [0.2, 0.25) is 0 Å². The van der Waals surface area contributed by atoms with Gasteiger partial charge in [-0.15, -0.1) is 0 Å². The first-order valence-corrected chi connectivity index (χ1v) is 6.47. The second kappa shape index (κ2) is 5.46. The van der Waals surface area contributed by atoms with Crippen molar-refractivity contribution in [3.05, 3.63) is 52.1 Å². The average molecular weight is 323 g/mol. The van der Waals surface area contributed by atoms with Crippen molar-refractivity contribution in [1.82, 2.24) is 4.98 Å². The third kappa shape index (κ3) is 2.86. The SMILES string of the molecule is Cc1ccc(Br)cc1Oc1ncccc1C(N)=S. The van der Waals surface area contributed by atoms with Crippen LogP contribution < -0.4 is 10.5 Å². The minimum absolute atomic E-state index is 0.269. The Hall–Kier alpha value is -1.46. The lowest BCUT2D eigenvalue weighted by Gasteiger charge is -2.11. The molecule has 2 N–H and O–H groups in total. The molecule has 0 saturated heterocycles. The van der Waals surface area contributed by atoms with Crippen LogP contribution in [-0.2, 0) is 0 Å². The molecule has 1 aromatic heterocycles. The molecule has 0 amide bonds. The average Bonchev–Trinajstić information content (AvgIpc) is 2.34. The largest absolute Gasteiger partial charge is 0.438 e. The predicted octanol–water partition coefficient (Wildman–Crippen LogP) is 3.58. The van der Waals surface area contributed by atoms with Gasteiger partial charge in [0, 0.05) is 10.7 Å². The molecule has 0 aliphatic rings. The van der Waals surface area contributed by atoms with Gasteiger partial charge in [-0.2, -0.15) is 0 Å². The zero-order chi connectivity index (χ0) is 13.1. The fourth-order valence-electron chi connectivity index (χ4n) is 1.45. The topological polar surface area (TPSA) is 48.1 Å². The van der Waals surface area contributed by atoms with E-state index < -0.39 is 0 Å². The molecule has 0 radical (unpaired) electrons. The summed E-state index contributed by atoms with van der Waals surface area (Å²) in [6.07, 6.45) is 1.64. The zero-order valence-corrected chi connectivity index (χ0v) is 12.1. The number of ether oxygens (including phenoxy) is 1. The molecule has 0 aliphatic heterocycles. The fraction of sp³-hybridized carbons (Fsp3) is 0.0769.